The molecule has 3 rings (SSSR count). The summed E-state index contributed by atoms with van der Waals surface area (Å²) in [6, 6.07) is 6.36. The second-order valence-corrected chi connectivity index (χ2v) is 7.88. The van der Waals surface area contributed by atoms with Crippen LogP contribution >= 0.6 is 11.3 Å². The number of fused-ring (bicyclic) bond motifs is 1. The Bertz CT molecular complexity index is 897. The Morgan fingerprint density at radius 2 is 2.12 bits per heavy atom. The summed E-state index contributed by atoms with van der Waals surface area (Å²) in [6.07, 6.45) is 1.14. The number of aliphatic hydroxyl groups is 1. The highest BCUT2D eigenvalue weighted by Crippen LogP contribution is 2.26. The largest absolute Gasteiger partial charge is 0.396 e. The van der Waals surface area contributed by atoms with Gasteiger partial charge in [0, 0.05) is 35.7 Å². The van der Waals surface area contributed by atoms with E-state index in [1.165, 1.54) is 16.7 Å². The molecule has 0 radical (unpaired) electrons. The van der Waals surface area contributed by atoms with Gasteiger partial charge >= 0.3 is 0 Å². The van der Waals surface area contributed by atoms with Gasteiger partial charge in [-0.15, -0.1) is 0 Å². The first-order valence-electron chi connectivity index (χ1n) is 8.95. The minimum atomic E-state index is -0.00284. The number of rotatable bonds is 7. The molecule has 5 heteroatoms. The molecule has 3 aromatic rings. The smallest absolute Gasteiger partial charge is 0.224 e. The Balaban J connectivity index is 1.66. The molecule has 138 valence electrons. The minimum absolute atomic E-state index is 0.00284. The number of amides is 1. The summed E-state index contributed by atoms with van der Waals surface area (Å²) >= 11 is 1.65. The van der Waals surface area contributed by atoms with E-state index in [0.717, 1.165) is 28.6 Å². The molecular weight excluding hydrogens is 344 g/mol. The number of aromatic nitrogens is 1. The molecule has 0 bridgehead atoms. The number of thiophene rings is 1. The first-order chi connectivity index (χ1) is 12.5. The first-order valence-corrected chi connectivity index (χ1v) is 9.89. The van der Waals surface area contributed by atoms with Crippen LogP contribution in [0.25, 0.3) is 10.9 Å². The monoisotopic (exact) mass is 370 g/mol. The number of carbonyl (C=O) groups is 1. The Hall–Kier alpha value is -2.11. The van der Waals surface area contributed by atoms with Crippen LogP contribution in [0.15, 0.2) is 29.0 Å². The van der Waals surface area contributed by atoms with E-state index in [1.54, 1.807) is 11.3 Å². The fourth-order valence-electron chi connectivity index (χ4n) is 3.49. The number of aryl methyl sites for hydroxylation is 3. The van der Waals surface area contributed by atoms with Crippen LogP contribution in [0.1, 0.15) is 27.9 Å². The van der Waals surface area contributed by atoms with Gasteiger partial charge in [-0.1, -0.05) is 11.6 Å². The Kier molecular flexibility index (Phi) is 5.79. The quantitative estimate of drug-likeness (QED) is 0.594. The molecule has 1 aromatic carbocycles. The van der Waals surface area contributed by atoms with Crippen molar-refractivity contribution in [3.05, 3.63) is 56.9 Å². The van der Waals surface area contributed by atoms with Crippen molar-refractivity contribution >= 4 is 28.1 Å². The van der Waals surface area contributed by atoms with Crippen LogP contribution in [0.5, 0.6) is 0 Å². The van der Waals surface area contributed by atoms with E-state index in [2.05, 4.69) is 47.7 Å². The highest BCUT2D eigenvalue weighted by atomic mass is 32.1. The lowest BCUT2D eigenvalue weighted by Gasteiger charge is -2.14. The lowest BCUT2D eigenvalue weighted by molar-refractivity contribution is -0.120. The Labute approximate surface area is 158 Å². The summed E-state index contributed by atoms with van der Waals surface area (Å²) in [5.74, 6) is 0.0408. The van der Waals surface area contributed by atoms with E-state index in [0.29, 0.717) is 13.0 Å². The van der Waals surface area contributed by atoms with Crippen molar-refractivity contribution in [3.63, 3.8) is 0 Å². The molecule has 0 spiro atoms. The third kappa shape index (κ3) is 4.17. The van der Waals surface area contributed by atoms with Gasteiger partial charge < -0.3 is 15.4 Å². The van der Waals surface area contributed by atoms with E-state index in [4.69, 9.17) is 0 Å². The molecule has 1 amide bonds. The molecule has 1 unspecified atom stereocenters. The zero-order valence-corrected chi connectivity index (χ0v) is 16.4. The molecule has 2 heterocycles. The molecular formula is C21H26N2O2S. The average molecular weight is 371 g/mol. The van der Waals surface area contributed by atoms with Crippen LogP contribution < -0.4 is 5.32 Å². The number of H-pyrrole nitrogens is 1. The van der Waals surface area contributed by atoms with Gasteiger partial charge in [0.2, 0.25) is 5.91 Å². The van der Waals surface area contributed by atoms with E-state index in [-0.39, 0.29) is 18.4 Å². The van der Waals surface area contributed by atoms with Crippen LogP contribution in [0.2, 0.25) is 0 Å². The number of hydrogen-bond donors (Lipinski definition) is 3. The predicted molar refractivity (Wildman–Crippen MR) is 108 cm³/mol. The molecule has 0 saturated heterocycles. The van der Waals surface area contributed by atoms with E-state index < -0.39 is 0 Å². The number of hydrogen-bond acceptors (Lipinski definition) is 3. The topological polar surface area (TPSA) is 65.1 Å². The molecule has 4 nitrogen and oxygen atoms in total. The van der Waals surface area contributed by atoms with Crippen LogP contribution in [-0.2, 0) is 17.6 Å². The number of aliphatic hydroxyl groups excluding tert-OH is 1. The molecule has 2 aromatic heterocycles. The van der Waals surface area contributed by atoms with Crippen molar-refractivity contribution in [1.82, 2.24) is 10.3 Å². The van der Waals surface area contributed by atoms with Gasteiger partial charge in [0.1, 0.15) is 0 Å². The average Bonchev–Trinajstić information content (AvgIpc) is 3.21. The van der Waals surface area contributed by atoms with Gasteiger partial charge in [0.05, 0.1) is 6.42 Å². The van der Waals surface area contributed by atoms with Crippen molar-refractivity contribution in [1.29, 1.82) is 0 Å². The lowest BCUT2D eigenvalue weighted by Crippen LogP contribution is -2.32. The Morgan fingerprint density at radius 1 is 1.31 bits per heavy atom. The molecule has 0 saturated carbocycles. The summed E-state index contributed by atoms with van der Waals surface area (Å²) in [4.78, 5) is 15.9. The van der Waals surface area contributed by atoms with Crippen molar-refractivity contribution < 1.29 is 9.90 Å². The van der Waals surface area contributed by atoms with Crippen LogP contribution in [0.4, 0.5) is 0 Å². The molecule has 0 fully saturated rings. The SMILES string of the molecule is Cc1cc(C)c2[nH]c(C)c(CC(=O)NCC(CO)Cc3ccsc3)c2c1. The van der Waals surface area contributed by atoms with E-state index in [1.807, 2.05) is 12.3 Å². The van der Waals surface area contributed by atoms with Gasteiger partial charge in [0.15, 0.2) is 0 Å². The van der Waals surface area contributed by atoms with Crippen molar-refractivity contribution in [2.24, 2.45) is 5.92 Å². The minimum Gasteiger partial charge on any atom is -0.396 e. The number of carbonyl (C=O) groups excluding carboxylic acids is 1. The highest BCUT2D eigenvalue weighted by Gasteiger charge is 2.16. The molecule has 0 aliphatic heterocycles. The maximum absolute atomic E-state index is 12.5. The molecule has 0 aliphatic rings. The normalized spacial score (nSPS) is 12.5. The van der Waals surface area contributed by atoms with Gasteiger partial charge in [-0.25, -0.2) is 0 Å². The maximum Gasteiger partial charge on any atom is 0.224 e. The standard InChI is InChI=1S/C21H26N2O2S/c1-13-6-14(2)21-19(7-13)18(15(3)23-21)9-20(25)22-10-17(11-24)8-16-4-5-26-12-16/h4-7,12,17,23-24H,8-11H2,1-3H3,(H,22,25). The van der Waals surface area contributed by atoms with Crippen LogP contribution in [-0.4, -0.2) is 29.1 Å². The van der Waals surface area contributed by atoms with Crippen molar-refractivity contribution in [2.45, 2.75) is 33.6 Å². The van der Waals surface area contributed by atoms with Gasteiger partial charge in [-0.05, 0) is 66.8 Å². The van der Waals surface area contributed by atoms with Gasteiger partial charge in [0.25, 0.3) is 0 Å². The molecule has 26 heavy (non-hydrogen) atoms. The zero-order chi connectivity index (χ0) is 18.7. The molecule has 3 N–H and O–H groups in total. The zero-order valence-electron chi connectivity index (χ0n) is 15.6. The van der Waals surface area contributed by atoms with E-state index in [9.17, 15) is 9.90 Å². The van der Waals surface area contributed by atoms with Crippen LogP contribution in [0.3, 0.4) is 0 Å². The van der Waals surface area contributed by atoms with Gasteiger partial charge in [-0.2, -0.15) is 11.3 Å². The maximum atomic E-state index is 12.5. The summed E-state index contributed by atoms with van der Waals surface area (Å²) in [5.41, 5.74) is 6.82. The fraction of sp³-hybridized carbons (Fsp3) is 0.381. The van der Waals surface area contributed by atoms with Gasteiger partial charge in [-0.3, -0.25) is 4.79 Å². The first kappa shape index (κ1) is 18.7. The number of nitrogens with one attached hydrogen (secondary N) is 2. The van der Waals surface area contributed by atoms with E-state index >= 15 is 0 Å². The molecule has 0 aliphatic carbocycles. The van der Waals surface area contributed by atoms with Crippen LogP contribution in [0, 0.1) is 26.7 Å². The van der Waals surface area contributed by atoms with Crippen molar-refractivity contribution in [3.8, 4) is 0 Å². The number of aromatic amines is 1. The third-order valence-corrected chi connectivity index (χ3v) is 5.59. The summed E-state index contributed by atoms with van der Waals surface area (Å²) in [6.45, 7) is 6.75. The highest BCUT2D eigenvalue weighted by molar-refractivity contribution is 7.07. The Morgan fingerprint density at radius 3 is 2.81 bits per heavy atom. The third-order valence-electron chi connectivity index (χ3n) is 4.86. The lowest BCUT2D eigenvalue weighted by atomic mass is 10.0. The summed E-state index contributed by atoms with van der Waals surface area (Å²) < 4.78 is 0. The second-order valence-electron chi connectivity index (χ2n) is 7.10. The van der Waals surface area contributed by atoms with Crippen molar-refractivity contribution in [2.75, 3.05) is 13.2 Å². The fourth-order valence-corrected chi connectivity index (χ4v) is 4.17. The molecule has 1 atom stereocenters. The second kappa shape index (κ2) is 8.06. The number of benzene rings is 1. The summed E-state index contributed by atoms with van der Waals surface area (Å²) in [7, 11) is 0. The summed E-state index contributed by atoms with van der Waals surface area (Å²) in [5, 5.41) is 17.8. The predicted octanol–water partition coefficient (Wildman–Crippen LogP) is 3.66.